The van der Waals surface area contributed by atoms with Gasteiger partial charge in [-0.15, -0.1) is 11.3 Å². The first-order valence-corrected chi connectivity index (χ1v) is 7.64. The molecular weight excluding hydrogens is 274 g/mol. The van der Waals surface area contributed by atoms with Crippen molar-refractivity contribution in [3.63, 3.8) is 0 Å². The summed E-state index contributed by atoms with van der Waals surface area (Å²) >= 11 is 7.88. The van der Waals surface area contributed by atoms with Crippen LogP contribution in [0.1, 0.15) is 38.7 Å². The summed E-state index contributed by atoms with van der Waals surface area (Å²) < 4.78 is 0.887. The Bertz CT molecular complexity index is 558. The molecule has 0 amide bonds. The van der Waals surface area contributed by atoms with Gasteiger partial charge in [-0.05, 0) is 63.1 Å². The van der Waals surface area contributed by atoms with Crippen LogP contribution in [0.15, 0.2) is 18.2 Å². The topological polar surface area (TPSA) is 12.0 Å². The zero-order valence-electron chi connectivity index (χ0n) is 12.1. The van der Waals surface area contributed by atoms with Gasteiger partial charge in [-0.1, -0.05) is 29.3 Å². The second-order valence-corrected chi connectivity index (χ2v) is 6.83. The van der Waals surface area contributed by atoms with Gasteiger partial charge in [0, 0.05) is 4.88 Å². The summed E-state index contributed by atoms with van der Waals surface area (Å²) in [5.74, 6) is 0. The van der Waals surface area contributed by atoms with Crippen molar-refractivity contribution in [1.82, 2.24) is 5.32 Å². The predicted molar refractivity (Wildman–Crippen MR) is 85.6 cm³/mol. The number of hydrogen-bond donors (Lipinski definition) is 1. The van der Waals surface area contributed by atoms with Crippen LogP contribution in [0.2, 0.25) is 4.34 Å². The lowest BCUT2D eigenvalue weighted by atomic mass is 9.93. The third-order valence-corrected chi connectivity index (χ3v) is 5.10. The number of rotatable bonds is 3. The van der Waals surface area contributed by atoms with Crippen molar-refractivity contribution in [3.05, 3.63) is 55.2 Å². The highest BCUT2D eigenvalue weighted by Crippen LogP contribution is 2.36. The highest BCUT2D eigenvalue weighted by Gasteiger charge is 2.19. The van der Waals surface area contributed by atoms with E-state index in [0.29, 0.717) is 0 Å². The van der Waals surface area contributed by atoms with Gasteiger partial charge in [0.25, 0.3) is 0 Å². The molecule has 1 heterocycles. The molecule has 2 rings (SSSR count). The Balaban J connectivity index is 2.54. The van der Waals surface area contributed by atoms with Crippen molar-refractivity contribution in [2.75, 3.05) is 7.05 Å². The van der Waals surface area contributed by atoms with Crippen molar-refractivity contribution < 1.29 is 0 Å². The number of thiophene rings is 1. The van der Waals surface area contributed by atoms with Crippen molar-refractivity contribution in [2.45, 2.75) is 33.7 Å². The van der Waals surface area contributed by atoms with Crippen LogP contribution >= 0.6 is 22.9 Å². The maximum Gasteiger partial charge on any atom is 0.0961 e. The summed E-state index contributed by atoms with van der Waals surface area (Å²) in [5, 5.41) is 3.43. The highest BCUT2D eigenvalue weighted by atomic mass is 35.5. The Hall–Kier alpha value is -0.830. The van der Waals surface area contributed by atoms with E-state index in [9.17, 15) is 0 Å². The van der Waals surface area contributed by atoms with E-state index >= 15 is 0 Å². The molecule has 1 aromatic heterocycles. The van der Waals surface area contributed by atoms with Gasteiger partial charge in [-0.3, -0.25) is 0 Å². The average molecular weight is 294 g/mol. The molecule has 102 valence electrons. The van der Waals surface area contributed by atoms with Gasteiger partial charge in [0.1, 0.15) is 0 Å². The first-order chi connectivity index (χ1) is 8.93. The molecule has 0 bridgehead atoms. The first kappa shape index (κ1) is 14.6. The maximum absolute atomic E-state index is 6.21. The second-order valence-electron chi connectivity index (χ2n) is 5.14. The SMILES string of the molecule is CNC(c1cc(C)c(Cl)s1)c1c(C)cc(C)cc1C. The van der Waals surface area contributed by atoms with E-state index in [4.69, 9.17) is 11.6 Å². The standard InChI is InChI=1S/C16H20ClNS/c1-9-6-10(2)14(11(3)7-9)15(18-5)13-8-12(4)16(17)19-13/h6-8,15,18H,1-5H3. The maximum atomic E-state index is 6.21. The monoisotopic (exact) mass is 293 g/mol. The molecular formula is C16H20ClNS. The van der Waals surface area contributed by atoms with E-state index in [-0.39, 0.29) is 6.04 Å². The van der Waals surface area contributed by atoms with Crippen LogP contribution < -0.4 is 5.32 Å². The summed E-state index contributed by atoms with van der Waals surface area (Å²) in [5.41, 5.74) is 6.50. The van der Waals surface area contributed by atoms with E-state index in [1.54, 1.807) is 11.3 Å². The number of aryl methyl sites for hydroxylation is 4. The Kier molecular flexibility index (Phi) is 4.34. The van der Waals surface area contributed by atoms with Crippen molar-refractivity contribution in [1.29, 1.82) is 0 Å². The van der Waals surface area contributed by atoms with Crippen molar-refractivity contribution in [2.24, 2.45) is 0 Å². The largest absolute Gasteiger partial charge is 0.309 e. The number of benzene rings is 1. The number of hydrogen-bond acceptors (Lipinski definition) is 2. The fourth-order valence-corrected chi connectivity index (χ4v) is 4.04. The zero-order chi connectivity index (χ0) is 14.2. The molecule has 19 heavy (non-hydrogen) atoms. The Morgan fingerprint density at radius 2 is 1.58 bits per heavy atom. The van der Waals surface area contributed by atoms with Crippen molar-refractivity contribution in [3.8, 4) is 0 Å². The summed E-state index contributed by atoms with van der Waals surface area (Å²) in [4.78, 5) is 1.28. The lowest BCUT2D eigenvalue weighted by Gasteiger charge is -2.20. The Morgan fingerprint density at radius 3 is 2.00 bits per heavy atom. The molecule has 2 aromatic rings. The van der Waals surface area contributed by atoms with E-state index in [1.807, 2.05) is 7.05 Å². The molecule has 0 saturated carbocycles. The van der Waals surface area contributed by atoms with Crippen LogP contribution in [0.5, 0.6) is 0 Å². The summed E-state index contributed by atoms with van der Waals surface area (Å²) in [7, 11) is 2.01. The molecule has 0 aliphatic heterocycles. The van der Waals surface area contributed by atoms with Gasteiger partial charge in [0.2, 0.25) is 0 Å². The van der Waals surface area contributed by atoms with Crippen LogP contribution in [-0.4, -0.2) is 7.05 Å². The Labute approximate surface area is 124 Å². The van der Waals surface area contributed by atoms with Crippen LogP contribution in [0.25, 0.3) is 0 Å². The molecule has 0 spiro atoms. The molecule has 1 N–H and O–H groups in total. The highest BCUT2D eigenvalue weighted by molar-refractivity contribution is 7.16. The summed E-state index contributed by atoms with van der Waals surface area (Å²) in [6.45, 7) is 8.57. The third-order valence-electron chi connectivity index (χ3n) is 3.48. The second kappa shape index (κ2) is 5.66. The molecule has 1 atom stereocenters. The van der Waals surface area contributed by atoms with Gasteiger partial charge in [-0.25, -0.2) is 0 Å². The first-order valence-electron chi connectivity index (χ1n) is 6.45. The zero-order valence-corrected chi connectivity index (χ0v) is 13.7. The fourth-order valence-electron chi connectivity index (χ4n) is 2.70. The molecule has 1 nitrogen and oxygen atoms in total. The summed E-state index contributed by atoms with van der Waals surface area (Å²) in [6.07, 6.45) is 0. The molecule has 1 aromatic carbocycles. The van der Waals surface area contributed by atoms with Crippen LogP contribution in [0.3, 0.4) is 0 Å². The summed E-state index contributed by atoms with van der Waals surface area (Å²) in [6, 6.07) is 6.90. The van der Waals surface area contributed by atoms with Crippen LogP contribution in [0, 0.1) is 27.7 Å². The molecule has 0 fully saturated rings. The minimum Gasteiger partial charge on any atom is -0.309 e. The van der Waals surface area contributed by atoms with E-state index in [1.165, 1.54) is 27.1 Å². The van der Waals surface area contributed by atoms with Crippen molar-refractivity contribution >= 4 is 22.9 Å². The quantitative estimate of drug-likeness (QED) is 0.845. The fraction of sp³-hybridized carbons (Fsp3) is 0.375. The van der Waals surface area contributed by atoms with Gasteiger partial charge in [0.15, 0.2) is 0 Å². The normalized spacial score (nSPS) is 12.7. The Morgan fingerprint density at radius 1 is 1.00 bits per heavy atom. The average Bonchev–Trinajstić information content (AvgIpc) is 2.63. The van der Waals surface area contributed by atoms with E-state index in [2.05, 4.69) is 51.2 Å². The lowest BCUT2D eigenvalue weighted by Crippen LogP contribution is -2.19. The van der Waals surface area contributed by atoms with Gasteiger partial charge < -0.3 is 5.32 Å². The van der Waals surface area contributed by atoms with E-state index < -0.39 is 0 Å². The minimum absolute atomic E-state index is 0.219. The molecule has 0 aliphatic carbocycles. The number of nitrogens with one attached hydrogen (secondary N) is 1. The van der Waals surface area contributed by atoms with E-state index in [0.717, 1.165) is 9.90 Å². The van der Waals surface area contributed by atoms with Gasteiger partial charge >= 0.3 is 0 Å². The lowest BCUT2D eigenvalue weighted by molar-refractivity contribution is 0.694. The van der Waals surface area contributed by atoms with Gasteiger partial charge in [-0.2, -0.15) is 0 Å². The van der Waals surface area contributed by atoms with Crippen LogP contribution in [0.4, 0.5) is 0 Å². The predicted octanol–water partition coefficient (Wildman–Crippen LogP) is 4.94. The molecule has 3 heteroatoms. The van der Waals surface area contributed by atoms with Crippen LogP contribution in [-0.2, 0) is 0 Å². The minimum atomic E-state index is 0.219. The molecule has 0 radical (unpaired) electrons. The third kappa shape index (κ3) is 2.86. The molecule has 1 unspecified atom stereocenters. The molecule has 0 aliphatic rings. The van der Waals surface area contributed by atoms with Gasteiger partial charge in [0.05, 0.1) is 10.4 Å². The number of halogens is 1. The molecule has 0 saturated heterocycles. The smallest absolute Gasteiger partial charge is 0.0961 e.